The Morgan fingerprint density at radius 2 is 1.74 bits per heavy atom. The SMILES string of the molecule is COC(O)N1C[C@H](c2cc(-c3ccc(F)cc3)nn2-c2ncccn2)CC[C@H]1c1ccccc1. The molecule has 0 amide bonds. The van der Waals surface area contributed by atoms with E-state index in [9.17, 15) is 9.50 Å². The van der Waals surface area contributed by atoms with E-state index in [0.29, 0.717) is 18.2 Å². The number of rotatable bonds is 6. The Balaban J connectivity index is 1.52. The van der Waals surface area contributed by atoms with E-state index < -0.39 is 6.41 Å². The molecule has 0 radical (unpaired) electrons. The molecule has 3 heterocycles. The summed E-state index contributed by atoms with van der Waals surface area (Å²) < 4.78 is 20.6. The quantitative estimate of drug-likeness (QED) is 0.433. The second kappa shape index (κ2) is 9.80. The van der Waals surface area contributed by atoms with Crippen LogP contribution in [-0.4, -0.2) is 49.8 Å². The van der Waals surface area contributed by atoms with Gasteiger partial charge in [0.25, 0.3) is 5.95 Å². The summed E-state index contributed by atoms with van der Waals surface area (Å²) in [6, 6.07) is 20.2. The number of aromatic nitrogens is 4. The second-order valence-corrected chi connectivity index (χ2v) is 8.38. The van der Waals surface area contributed by atoms with Gasteiger partial charge in [0.1, 0.15) is 5.82 Å². The van der Waals surface area contributed by atoms with Crippen molar-refractivity contribution < 1.29 is 14.2 Å². The highest BCUT2D eigenvalue weighted by molar-refractivity contribution is 5.60. The largest absolute Gasteiger partial charge is 0.356 e. The first-order chi connectivity index (χ1) is 16.6. The van der Waals surface area contributed by atoms with Crippen LogP contribution < -0.4 is 0 Å². The number of methoxy groups -OCH3 is 1. The van der Waals surface area contributed by atoms with Crippen LogP contribution in [-0.2, 0) is 4.74 Å². The fraction of sp³-hybridized carbons (Fsp3) is 0.269. The number of piperidine rings is 1. The number of nitrogens with zero attached hydrogens (tertiary/aromatic N) is 5. The van der Waals surface area contributed by atoms with Crippen molar-refractivity contribution in [2.24, 2.45) is 0 Å². The minimum absolute atomic E-state index is 0.0355. The molecular weight excluding hydrogens is 433 g/mol. The topological polar surface area (TPSA) is 76.3 Å². The number of hydrogen-bond acceptors (Lipinski definition) is 6. The lowest BCUT2D eigenvalue weighted by molar-refractivity contribution is -0.199. The summed E-state index contributed by atoms with van der Waals surface area (Å²) in [5.74, 6) is 0.225. The van der Waals surface area contributed by atoms with Crippen molar-refractivity contribution in [3.8, 4) is 17.2 Å². The van der Waals surface area contributed by atoms with Crippen LogP contribution in [0.15, 0.2) is 79.1 Å². The number of aliphatic hydroxyl groups excluding tert-OH is 1. The van der Waals surface area contributed by atoms with E-state index in [-0.39, 0.29) is 17.8 Å². The Bertz CT molecular complexity index is 1220. The molecule has 4 aromatic rings. The first kappa shape index (κ1) is 22.3. The Morgan fingerprint density at radius 1 is 1.00 bits per heavy atom. The Labute approximate surface area is 197 Å². The lowest BCUT2D eigenvalue weighted by atomic mass is 9.87. The fourth-order valence-electron chi connectivity index (χ4n) is 4.66. The van der Waals surface area contributed by atoms with Crippen LogP contribution >= 0.6 is 0 Å². The van der Waals surface area contributed by atoms with Crippen molar-refractivity contribution in [2.45, 2.75) is 31.2 Å². The summed E-state index contributed by atoms with van der Waals surface area (Å²) in [6.45, 7) is 0.565. The lowest BCUT2D eigenvalue weighted by Crippen LogP contribution is -2.45. The predicted molar refractivity (Wildman–Crippen MR) is 125 cm³/mol. The number of ether oxygens (including phenoxy) is 1. The van der Waals surface area contributed by atoms with Crippen LogP contribution in [0.2, 0.25) is 0 Å². The van der Waals surface area contributed by atoms with Gasteiger partial charge in [-0.2, -0.15) is 5.10 Å². The zero-order valence-corrected chi connectivity index (χ0v) is 18.8. The molecule has 0 saturated carbocycles. The number of likely N-dealkylation sites (tertiary alicyclic amines) is 1. The zero-order chi connectivity index (χ0) is 23.5. The molecule has 1 aliphatic rings. The molecular formula is C26H26FN5O2. The molecule has 2 aromatic heterocycles. The van der Waals surface area contributed by atoms with Gasteiger partial charge in [0.15, 0.2) is 0 Å². The maximum absolute atomic E-state index is 13.5. The van der Waals surface area contributed by atoms with Crippen LogP contribution in [0.1, 0.15) is 36.1 Å². The van der Waals surface area contributed by atoms with Gasteiger partial charge >= 0.3 is 0 Å². The summed E-state index contributed by atoms with van der Waals surface area (Å²) in [5, 5.41) is 15.5. The van der Waals surface area contributed by atoms with E-state index >= 15 is 0 Å². The zero-order valence-electron chi connectivity index (χ0n) is 18.8. The van der Waals surface area contributed by atoms with E-state index in [4.69, 9.17) is 9.84 Å². The minimum atomic E-state index is -1.03. The van der Waals surface area contributed by atoms with Crippen LogP contribution in [0.5, 0.6) is 0 Å². The molecule has 174 valence electrons. The molecule has 7 nitrogen and oxygen atoms in total. The molecule has 1 N–H and O–H groups in total. The number of benzene rings is 2. The highest BCUT2D eigenvalue weighted by Gasteiger charge is 2.36. The van der Waals surface area contributed by atoms with Gasteiger partial charge < -0.3 is 9.84 Å². The predicted octanol–water partition coefficient (Wildman–Crippen LogP) is 4.31. The van der Waals surface area contributed by atoms with Gasteiger partial charge in [0.05, 0.1) is 11.4 Å². The molecule has 5 rings (SSSR count). The molecule has 2 aromatic carbocycles. The van der Waals surface area contributed by atoms with Crippen LogP contribution in [0.3, 0.4) is 0 Å². The third kappa shape index (κ3) is 4.48. The van der Waals surface area contributed by atoms with E-state index in [0.717, 1.165) is 29.7 Å². The third-order valence-corrected chi connectivity index (χ3v) is 6.34. The summed E-state index contributed by atoms with van der Waals surface area (Å²) in [6.07, 6.45) is 4.04. The van der Waals surface area contributed by atoms with Gasteiger partial charge in [-0.25, -0.2) is 23.9 Å². The maximum Gasteiger partial charge on any atom is 0.250 e. The van der Waals surface area contributed by atoms with Crippen molar-refractivity contribution in [1.29, 1.82) is 0 Å². The maximum atomic E-state index is 13.5. The van der Waals surface area contributed by atoms with Gasteiger partial charge in [-0.3, -0.25) is 0 Å². The number of hydrogen-bond donors (Lipinski definition) is 1. The van der Waals surface area contributed by atoms with Gasteiger partial charge in [0.2, 0.25) is 6.41 Å². The third-order valence-electron chi connectivity index (χ3n) is 6.34. The Morgan fingerprint density at radius 3 is 2.44 bits per heavy atom. The lowest BCUT2D eigenvalue weighted by Gasteiger charge is -2.41. The van der Waals surface area contributed by atoms with E-state index in [1.54, 1.807) is 35.3 Å². The smallest absolute Gasteiger partial charge is 0.250 e. The Kier molecular flexibility index (Phi) is 6.44. The molecule has 0 spiro atoms. The van der Waals surface area contributed by atoms with Gasteiger partial charge in [-0.15, -0.1) is 0 Å². The van der Waals surface area contributed by atoms with Gasteiger partial charge in [-0.05, 0) is 54.8 Å². The summed E-state index contributed by atoms with van der Waals surface area (Å²) in [4.78, 5) is 10.8. The summed E-state index contributed by atoms with van der Waals surface area (Å²) >= 11 is 0. The van der Waals surface area contributed by atoms with Crippen molar-refractivity contribution >= 4 is 0 Å². The Hall–Kier alpha value is -3.46. The van der Waals surface area contributed by atoms with Crippen LogP contribution in [0.4, 0.5) is 4.39 Å². The molecule has 1 saturated heterocycles. The average molecular weight is 460 g/mol. The van der Waals surface area contributed by atoms with Gasteiger partial charge in [-0.1, -0.05) is 30.3 Å². The fourth-order valence-corrected chi connectivity index (χ4v) is 4.66. The van der Waals surface area contributed by atoms with E-state index in [1.807, 2.05) is 29.2 Å². The van der Waals surface area contributed by atoms with Crippen molar-refractivity contribution in [3.05, 3.63) is 96.2 Å². The van der Waals surface area contributed by atoms with Crippen molar-refractivity contribution in [1.82, 2.24) is 24.6 Å². The highest BCUT2D eigenvalue weighted by Crippen LogP contribution is 2.40. The van der Waals surface area contributed by atoms with Crippen LogP contribution in [0, 0.1) is 5.82 Å². The molecule has 8 heteroatoms. The molecule has 0 bridgehead atoms. The molecule has 1 fully saturated rings. The van der Waals surface area contributed by atoms with E-state index in [2.05, 4.69) is 22.1 Å². The van der Waals surface area contributed by atoms with Crippen LogP contribution in [0.25, 0.3) is 17.2 Å². The molecule has 3 atom stereocenters. The molecule has 1 unspecified atom stereocenters. The highest BCUT2D eigenvalue weighted by atomic mass is 19.1. The monoisotopic (exact) mass is 459 g/mol. The first-order valence-corrected chi connectivity index (χ1v) is 11.3. The van der Waals surface area contributed by atoms with Gasteiger partial charge in [0, 0.05) is 43.6 Å². The molecule has 0 aliphatic carbocycles. The standard InChI is InChI=1S/C26H26FN5O2/c1-34-26(33)31-17-20(10-13-23(31)19-6-3-2-4-7-19)24-16-22(18-8-11-21(27)12-9-18)30-32(24)25-28-14-5-15-29-25/h2-9,11-12,14-16,20,23,26,33H,10,13,17H2,1H3/t20-,23+,26?/m1/s1. The summed E-state index contributed by atoms with van der Waals surface area (Å²) in [7, 11) is 1.50. The van der Waals surface area contributed by atoms with E-state index in [1.165, 1.54) is 19.2 Å². The molecule has 34 heavy (non-hydrogen) atoms. The molecule has 1 aliphatic heterocycles. The number of halogens is 1. The summed E-state index contributed by atoms with van der Waals surface area (Å²) in [5.41, 5.74) is 3.60. The first-order valence-electron chi connectivity index (χ1n) is 11.3. The second-order valence-electron chi connectivity index (χ2n) is 8.38. The average Bonchev–Trinajstić information content (AvgIpc) is 3.35. The normalized spacial score (nSPS) is 19.7. The minimum Gasteiger partial charge on any atom is -0.356 e. The number of aliphatic hydroxyl groups is 1. The van der Waals surface area contributed by atoms with Crippen molar-refractivity contribution in [3.63, 3.8) is 0 Å². The van der Waals surface area contributed by atoms with Crippen molar-refractivity contribution in [2.75, 3.05) is 13.7 Å².